The molecule has 0 bridgehead atoms. The van der Waals surface area contributed by atoms with E-state index < -0.39 is 0 Å². The molecular formula is C17H16FN3. The Labute approximate surface area is 122 Å². The van der Waals surface area contributed by atoms with Gasteiger partial charge in [-0.1, -0.05) is 24.3 Å². The molecule has 0 fully saturated rings. The lowest BCUT2D eigenvalue weighted by Crippen LogP contribution is -2.18. The van der Waals surface area contributed by atoms with Crippen LogP contribution in [0.2, 0.25) is 0 Å². The van der Waals surface area contributed by atoms with Crippen LogP contribution >= 0.6 is 0 Å². The predicted octanol–water partition coefficient (Wildman–Crippen LogP) is 3.39. The molecule has 1 aromatic heterocycles. The topological polar surface area (TPSA) is 37.8 Å². The highest BCUT2D eigenvalue weighted by molar-refractivity contribution is 5.78. The zero-order chi connectivity index (χ0) is 14.8. The largest absolute Gasteiger partial charge is 0.309 e. The number of nitrogens with one attached hydrogen (secondary N) is 1. The van der Waals surface area contributed by atoms with Crippen molar-refractivity contribution in [2.45, 2.75) is 13.0 Å². The number of halogens is 1. The summed E-state index contributed by atoms with van der Waals surface area (Å²) >= 11 is 0. The van der Waals surface area contributed by atoms with E-state index in [1.165, 1.54) is 0 Å². The lowest BCUT2D eigenvalue weighted by atomic mass is 9.96. The predicted molar refractivity (Wildman–Crippen MR) is 81.6 cm³/mol. The maximum Gasteiger partial charge on any atom is 0.126 e. The summed E-state index contributed by atoms with van der Waals surface area (Å²) in [5.41, 5.74) is 4.18. The molecule has 1 atom stereocenters. The summed E-state index contributed by atoms with van der Waals surface area (Å²) in [6, 6.07) is 11.1. The number of hydrogen-bond acceptors (Lipinski definition) is 3. The van der Waals surface area contributed by atoms with E-state index in [9.17, 15) is 4.39 Å². The Morgan fingerprint density at radius 1 is 1.10 bits per heavy atom. The summed E-state index contributed by atoms with van der Waals surface area (Å²) in [6.45, 7) is 1.76. The highest BCUT2D eigenvalue weighted by atomic mass is 19.1. The summed E-state index contributed by atoms with van der Waals surface area (Å²) in [6.07, 6.45) is 3.35. The molecule has 3 nitrogen and oxygen atoms in total. The molecule has 0 aliphatic heterocycles. The van der Waals surface area contributed by atoms with Gasteiger partial charge in [0.25, 0.3) is 0 Å². The molecule has 0 saturated carbocycles. The fourth-order valence-corrected chi connectivity index (χ4v) is 2.54. The van der Waals surface area contributed by atoms with Gasteiger partial charge in [-0.25, -0.2) is 4.39 Å². The molecule has 106 valence electrons. The molecule has 0 aliphatic carbocycles. The third kappa shape index (κ3) is 2.50. The highest BCUT2D eigenvalue weighted by Gasteiger charge is 2.16. The maximum atomic E-state index is 13.8. The van der Waals surface area contributed by atoms with Gasteiger partial charge in [-0.05, 0) is 37.2 Å². The second-order valence-electron chi connectivity index (χ2n) is 5.00. The van der Waals surface area contributed by atoms with E-state index in [0.717, 1.165) is 22.2 Å². The molecule has 0 aliphatic rings. The summed E-state index contributed by atoms with van der Waals surface area (Å²) in [5.74, 6) is -0.195. The van der Waals surface area contributed by atoms with E-state index in [1.54, 1.807) is 31.5 Å². The van der Waals surface area contributed by atoms with E-state index in [-0.39, 0.29) is 11.9 Å². The van der Waals surface area contributed by atoms with Crippen LogP contribution in [0.4, 0.5) is 4.39 Å². The van der Waals surface area contributed by atoms with Gasteiger partial charge < -0.3 is 5.32 Å². The standard InChI is InChI=1S/C17H16FN3/c1-11-6-7-12(10-14(11)18)16(19-2)13-4-3-5-15-17(13)21-9-8-20-15/h3-10,16,19H,1-2H3. The van der Waals surface area contributed by atoms with Crippen molar-refractivity contribution in [3.63, 3.8) is 0 Å². The lowest BCUT2D eigenvalue weighted by Gasteiger charge is -2.19. The second kappa shape index (κ2) is 5.58. The number of benzene rings is 2. The first-order valence-electron chi connectivity index (χ1n) is 6.83. The minimum atomic E-state index is -0.195. The van der Waals surface area contributed by atoms with E-state index >= 15 is 0 Å². The SMILES string of the molecule is CNC(c1ccc(C)c(F)c1)c1cccc2nccnc12. The minimum absolute atomic E-state index is 0.125. The minimum Gasteiger partial charge on any atom is -0.309 e. The first kappa shape index (κ1) is 13.6. The second-order valence-corrected chi connectivity index (χ2v) is 5.00. The van der Waals surface area contributed by atoms with Gasteiger partial charge in [0.05, 0.1) is 17.1 Å². The average Bonchev–Trinajstić information content (AvgIpc) is 2.52. The van der Waals surface area contributed by atoms with Crippen LogP contribution in [0.3, 0.4) is 0 Å². The molecule has 0 saturated heterocycles. The molecule has 3 rings (SSSR count). The zero-order valence-electron chi connectivity index (χ0n) is 12.0. The first-order valence-corrected chi connectivity index (χ1v) is 6.83. The van der Waals surface area contributed by atoms with Crippen LogP contribution in [0, 0.1) is 12.7 Å². The van der Waals surface area contributed by atoms with Crippen molar-refractivity contribution in [1.82, 2.24) is 15.3 Å². The number of para-hydroxylation sites is 1. The molecule has 0 radical (unpaired) electrons. The van der Waals surface area contributed by atoms with Gasteiger partial charge in [0.1, 0.15) is 5.82 Å². The smallest absolute Gasteiger partial charge is 0.126 e. The molecular weight excluding hydrogens is 265 g/mol. The first-order chi connectivity index (χ1) is 10.2. The molecule has 21 heavy (non-hydrogen) atoms. The molecule has 3 aromatic rings. The van der Waals surface area contributed by atoms with Crippen LogP contribution in [-0.4, -0.2) is 17.0 Å². The van der Waals surface area contributed by atoms with E-state index in [1.807, 2.05) is 31.3 Å². The fraction of sp³-hybridized carbons (Fsp3) is 0.176. The Kier molecular flexibility index (Phi) is 3.62. The van der Waals surface area contributed by atoms with E-state index in [0.29, 0.717) is 5.56 Å². The van der Waals surface area contributed by atoms with Crippen molar-refractivity contribution in [1.29, 1.82) is 0 Å². The van der Waals surface area contributed by atoms with Gasteiger partial charge in [-0.3, -0.25) is 9.97 Å². The van der Waals surface area contributed by atoms with Crippen LogP contribution in [-0.2, 0) is 0 Å². The molecule has 1 N–H and O–H groups in total. The number of hydrogen-bond donors (Lipinski definition) is 1. The molecule has 0 amide bonds. The van der Waals surface area contributed by atoms with Crippen molar-refractivity contribution in [3.05, 3.63) is 71.3 Å². The van der Waals surface area contributed by atoms with Crippen LogP contribution in [0.25, 0.3) is 11.0 Å². The van der Waals surface area contributed by atoms with Gasteiger partial charge >= 0.3 is 0 Å². The lowest BCUT2D eigenvalue weighted by molar-refractivity contribution is 0.608. The third-order valence-corrected chi connectivity index (χ3v) is 3.66. The van der Waals surface area contributed by atoms with Crippen molar-refractivity contribution < 1.29 is 4.39 Å². The van der Waals surface area contributed by atoms with E-state index in [4.69, 9.17) is 0 Å². The average molecular weight is 281 g/mol. The fourth-order valence-electron chi connectivity index (χ4n) is 2.54. The number of aryl methyl sites for hydroxylation is 1. The quantitative estimate of drug-likeness (QED) is 0.799. The molecule has 1 unspecified atom stereocenters. The maximum absolute atomic E-state index is 13.8. The van der Waals surface area contributed by atoms with Crippen LogP contribution in [0.1, 0.15) is 22.7 Å². The third-order valence-electron chi connectivity index (χ3n) is 3.66. The van der Waals surface area contributed by atoms with Crippen molar-refractivity contribution in [2.24, 2.45) is 0 Å². The summed E-state index contributed by atoms with van der Waals surface area (Å²) in [7, 11) is 1.86. The van der Waals surface area contributed by atoms with Gasteiger partial charge in [0, 0.05) is 18.0 Å². The Bertz CT molecular complexity index is 781. The van der Waals surface area contributed by atoms with E-state index in [2.05, 4.69) is 15.3 Å². The summed E-state index contributed by atoms with van der Waals surface area (Å²) in [5, 5.41) is 3.24. The zero-order valence-corrected chi connectivity index (χ0v) is 12.0. The Morgan fingerprint density at radius 3 is 2.67 bits per heavy atom. The molecule has 2 aromatic carbocycles. The summed E-state index contributed by atoms with van der Waals surface area (Å²) < 4.78 is 13.8. The van der Waals surface area contributed by atoms with Crippen molar-refractivity contribution in [3.8, 4) is 0 Å². The highest BCUT2D eigenvalue weighted by Crippen LogP contribution is 2.27. The molecule has 1 heterocycles. The monoisotopic (exact) mass is 281 g/mol. The molecule has 0 spiro atoms. The molecule has 4 heteroatoms. The van der Waals surface area contributed by atoms with Crippen LogP contribution in [0.15, 0.2) is 48.8 Å². The van der Waals surface area contributed by atoms with Crippen LogP contribution in [0.5, 0.6) is 0 Å². The number of fused-ring (bicyclic) bond motifs is 1. The van der Waals surface area contributed by atoms with Crippen molar-refractivity contribution in [2.75, 3.05) is 7.05 Å². The summed E-state index contributed by atoms with van der Waals surface area (Å²) in [4.78, 5) is 8.74. The number of aromatic nitrogens is 2. The Morgan fingerprint density at radius 2 is 1.90 bits per heavy atom. The van der Waals surface area contributed by atoms with Gasteiger partial charge in [-0.2, -0.15) is 0 Å². The Balaban J connectivity index is 2.16. The normalized spacial score (nSPS) is 12.5. The number of rotatable bonds is 3. The van der Waals surface area contributed by atoms with Gasteiger partial charge in [-0.15, -0.1) is 0 Å². The van der Waals surface area contributed by atoms with Crippen molar-refractivity contribution >= 4 is 11.0 Å². The van der Waals surface area contributed by atoms with Gasteiger partial charge in [0.15, 0.2) is 0 Å². The number of nitrogens with zero attached hydrogens (tertiary/aromatic N) is 2. The Hall–Kier alpha value is -2.33. The van der Waals surface area contributed by atoms with Gasteiger partial charge in [0.2, 0.25) is 0 Å². The van der Waals surface area contributed by atoms with Crippen LogP contribution < -0.4 is 5.32 Å².